The lowest BCUT2D eigenvalue weighted by atomic mass is 9.93. The lowest BCUT2D eigenvalue weighted by molar-refractivity contribution is -0.136. The average molecular weight is 509 g/mol. The number of aromatic nitrogens is 5. The summed E-state index contributed by atoms with van der Waals surface area (Å²) < 4.78 is 19.3. The van der Waals surface area contributed by atoms with Crippen molar-refractivity contribution in [2.45, 2.75) is 44.2 Å². The molecule has 5 heterocycles. The van der Waals surface area contributed by atoms with Crippen molar-refractivity contribution in [3.63, 3.8) is 0 Å². The van der Waals surface area contributed by atoms with E-state index >= 15 is 0 Å². The number of imidazole rings is 1. The van der Waals surface area contributed by atoms with E-state index < -0.39 is 0 Å². The highest BCUT2D eigenvalue weighted by Crippen LogP contribution is 2.27. The fourth-order valence-electron chi connectivity index (χ4n) is 4.84. The maximum Gasteiger partial charge on any atom is 0.304 e. The van der Waals surface area contributed by atoms with Crippen molar-refractivity contribution in [2.75, 3.05) is 56.2 Å². The number of rotatable bonds is 8. The van der Waals surface area contributed by atoms with Gasteiger partial charge in [-0.1, -0.05) is 0 Å². The van der Waals surface area contributed by atoms with E-state index in [1.54, 1.807) is 23.5 Å². The van der Waals surface area contributed by atoms with E-state index in [1.807, 2.05) is 16.7 Å². The minimum absolute atomic E-state index is 0.00391. The molecular weight excluding hydrogens is 476 g/mol. The minimum Gasteiger partial charge on any atom is -0.481 e. The number of likely N-dealkylation sites (tertiary alicyclic amines) is 1. The third-order valence-electron chi connectivity index (χ3n) is 7.16. The van der Waals surface area contributed by atoms with Crippen molar-refractivity contribution in [1.82, 2.24) is 29.2 Å². The minimum atomic E-state index is 0.00391. The summed E-state index contributed by atoms with van der Waals surface area (Å²) in [4.78, 5) is 33.9. The van der Waals surface area contributed by atoms with Gasteiger partial charge in [-0.3, -0.25) is 9.20 Å². The number of morpholine rings is 1. The number of fused-ring (bicyclic) bond motifs is 1. The number of anilines is 2. The normalized spacial score (nSPS) is 21.9. The molecule has 0 atom stereocenters. The van der Waals surface area contributed by atoms with Crippen molar-refractivity contribution >= 4 is 23.3 Å². The molecule has 3 aliphatic rings. The average Bonchev–Trinajstić information content (AvgIpc) is 3.38. The number of carbonyl (C=O) groups is 1. The first-order chi connectivity index (χ1) is 18.2. The molecule has 1 amide bonds. The zero-order valence-corrected chi connectivity index (χ0v) is 20.8. The van der Waals surface area contributed by atoms with Gasteiger partial charge in [0.25, 0.3) is 5.91 Å². The highest BCUT2D eigenvalue weighted by atomic mass is 16.5. The zero-order valence-electron chi connectivity index (χ0n) is 20.8. The van der Waals surface area contributed by atoms with E-state index in [1.165, 1.54) is 0 Å². The Morgan fingerprint density at radius 3 is 2.57 bits per heavy atom. The molecule has 0 aromatic carbocycles. The topological polar surface area (TPSA) is 119 Å². The lowest BCUT2D eigenvalue weighted by Gasteiger charge is -2.30. The van der Waals surface area contributed by atoms with Gasteiger partial charge in [0, 0.05) is 50.7 Å². The van der Waals surface area contributed by atoms with Crippen LogP contribution in [0.4, 0.5) is 11.8 Å². The number of carbonyl (C=O) groups excluding carboxylic acids is 1. The maximum absolute atomic E-state index is 11.9. The highest BCUT2D eigenvalue weighted by Gasteiger charge is 2.25. The van der Waals surface area contributed by atoms with Crippen LogP contribution in [-0.4, -0.2) is 93.3 Å². The van der Waals surface area contributed by atoms with E-state index in [4.69, 9.17) is 19.2 Å². The molecule has 0 radical (unpaired) electrons. The Labute approximate surface area is 215 Å². The SMILES string of the molecule is O=C(COc1cnc(N[C@H]2CC[C@@H](Oc3nc(N4CCOCC4)cc4nccn34)CC2)nc1)N1CCC1. The summed E-state index contributed by atoms with van der Waals surface area (Å²) in [6.45, 7) is 4.69. The van der Waals surface area contributed by atoms with Crippen LogP contribution < -0.4 is 19.7 Å². The number of hydrogen-bond donors (Lipinski definition) is 1. The van der Waals surface area contributed by atoms with E-state index in [0.29, 0.717) is 30.9 Å². The maximum atomic E-state index is 11.9. The summed E-state index contributed by atoms with van der Waals surface area (Å²) >= 11 is 0. The summed E-state index contributed by atoms with van der Waals surface area (Å²) in [5, 5.41) is 3.41. The fraction of sp³-hybridized carbons (Fsp3) is 0.560. The Balaban J connectivity index is 1.01. The molecule has 6 rings (SSSR count). The van der Waals surface area contributed by atoms with Crippen molar-refractivity contribution in [3.05, 3.63) is 30.9 Å². The number of ether oxygens (including phenoxy) is 3. The van der Waals surface area contributed by atoms with Gasteiger partial charge in [0.05, 0.1) is 25.6 Å². The van der Waals surface area contributed by atoms with Crippen molar-refractivity contribution in [2.24, 2.45) is 0 Å². The van der Waals surface area contributed by atoms with Crippen molar-refractivity contribution in [3.8, 4) is 11.8 Å². The summed E-state index contributed by atoms with van der Waals surface area (Å²) in [7, 11) is 0. The molecule has 196 valence electrons. The number of nitrogens with zero attached hydrogens (tertiary/aromatic N) is 7. The molecular formula is C25H32N8O4. The van der Waals surface area contributed by atoms with Crippen LogP contribution in [0.3, 0.4) is 0 Å². The number of hydrogen-bond acceptors (Lipinski definition) is 10. The largest absolute Gasteiger partial charge is 0.481 e. The highest BCUT2D eigenvalue weighted by molar-refractivity contribution is 5.78. The van der Waals surface area contributed by atoms with Crippen LogP contribution in [0.2, 0.25) is 0 Å². The molecule has 3 aromatic heterocycles. The summed E-state index contributed by atoms with van der Waals surface area (Å²) in [5.41, 5.74) is 0.830. The molecule has 12 heteroatoms. The smallest absolute Gasteiger partial charge is 0.304 e. The van der Waals surface area contributed by atoms with Crippen LogP contribution >= 0.6 is 0 Å². The Hall–Kier alpha value is -3.67. The van der Waals surface area contributed by atoms with E-state index in [-0.39, 0.29) is 24.7 Å². The van der Waals surface area contributed by atoms with E-state index in [9.17, 15) is 4.79 Å². The molecule has 12 nitrogen and oxygen atoms in total. The Bertz CT molecular complexity index is 1200. The second kappa shape index (κ2) is 10.8. The second-order valence-corrected chi connectivity index (χ2v) is 9.65. The number of amides is 1. The lowest BCUT2D eigenvalue weighted by Crippen LogP contribution is -2.44. The van der Waals surface area contributed by atoms with E-state index in [0.717, 1.165) is 69.7 Å². The van der Waals surface area contributed by atoms with Gasteiger partial charge in [-0.25, -0.2) is 15.0 Å². The summed E-state index contributed by atoms with van der Waals surface area (Å²) in [5.74, 6) is 1.94. The molecule has 2 saturated heterocycles. The Kier molecular flexibility index (Phi) is 6.89. The van der Waals surface area contributed by atoms with Gasteiger partial charge in [-0.05, 0) is 32.1 Å². The molecule has 1 aliphatic carbocycles. The molecule has 0 unspecified atom stereocenters. The monoisotopic (exact) mass is 508 g/mol. The van der Waals surface area contributed by atoms with Crippen LogP contribution in [0.25, 0.3) is 5.65 Å². The van der Waals surface area contributed by atoms with Crippen molar-refractivity contribution in [1.29, 1.82) is 0 Å². The molecule has 37 heavy (non-hydrogen) atoms. The predicted molar refractivity (Wildman–Crippen MR) is 135 cm³/mol. The van der Waals surface area contributed by atoms with Gasteiger partial charge in [-0.15, -0.1) is 0 Å². The third kappa shape index (κ3) is 5.53. The summed E-state index contributed by atoms with van der Waals surface area (Å²) in [6, 6.07) is 2.85. The number of nitrogens with one attached hydrogen (secondary N) is 1. The van der Waals surface area contributed by atoms with Crippen LogP contribution in [0.15, 0.2) is 30.9 Å². The fourth-order valence-corrected chi connectivity index (χ4v) is 4.84. The van der Waals surface area contributed by atoms with Gasteiger partial charge < -0.3 is 29.3 Å². The van der Waals surface area contributed by atoms with Gasteiger partial charge in [0.1, 0.15) is 17.6 Å². The summed E-state index contributed by atoms with van der Waals surface area (Å²) in [6.07, 6.45) is 11.7. The first-order valence-corrected chi connectivity index (χ1v) is 13.0. The van der Waals surface area contributed by atoms with Crippen LogP contribution in [0.5, 0.6) is 11.8 Å². The third-order valence-corrected chi connectivity index (χ3v) is 7.16. The zero-order chi connectivity index (χ0) is 25.0. The first-order valence-electron chi connectivity index (χ1n) is 13.0. The molecule has 1 saturated carbocycles. The molecule has 0 bridgehead atoms. The quantitative estimate of drug-likeness (QED) is 0.482. The van der Waals surface area contributed by atoms with Crippen LogP contribution in [0, 0.1) is 0 Å². The molecule has 3 aromatic rings. The first kappa shape index (κ1) is 23.7. The van der Waals surface area contributed by atoms with E-state index in [2.05, 4.69) is 25.2 Å². The van der Waals surface area contributed by atoms with Gasteiger partial charge >= 0.3 is 6.01 Å². The molecule has 1 N–H and O–H groups in total. The predicted octanol–water partition coefficient (Wildman–Crippen LogP) is 1.77. The Morgan fingerprint density at radius 2 is 1.84 bits per heavy atom. The molecule has 2 aliphatic heterocycles. The van der Waals surface area contributed by atoms with Crippen LogP contribution in [0.1, 0.15) is 32.1 Å². The second-order valence-electron chi connectivity index (χ2n) is 9.65. The molecule has 0 spiro atoms. The van der Waals surface area contributed by atoms with Crippen molar-refractivity contribution < 1.29 is 19.0 Å². The Morgan fingerprint density at radius 1 is 1.05 bits per heavy atom. The van der Waals surface area contributed by atoms with Gasteiger partial charge in [0.2, 0.25) is 5.95 Å². The van der Waals surface area contributed by atoms with Crippen LogP contribution in [-0.2, 0) is 9.53 Å². The molecule has 3 fully saturated rings. The van der Waals surface area contributed by atoms with Gasteiger partial charge in [-0.2, -0.15) is 4.98 Å². The standard InChI is InChI=1S/C25H32N8O4/c34-23(32-7-1-8-32)17-36-20-15-27-24(28-16-20)29-18-2-4-19(5-3-18)37-25-30-22(31-10-12-35-13-11-31)14-21-26-6-9-33(21)25/h6,9,14-16,18-19H,1-5,7-8,10-13,17H2,(H,27,28,29)/t18-,19+. The van der Waals surface area contributed by atoms with Gasteiger partial charge in [0.15, 0.2) is 12.4 Å².